The predicted molar refractivity (Wildman–Crippen MR) is 122 cm³/mol. The van der Waals surface area contributed by atoms with Crippen LogP contribution in [0.25, 0.3) is 0 Å². The van der Waals surface area contributed by atoms with Crippen molar-refractivity contribution in [2.45, 2.75) is 39.3 Å². The highest BCUT2D eigenvalue weighted by Crippen LogP contribution is 2.24. The van der Waals surface area contributed by atoms with Gasteiger partial charge in [0, 0.05) is 22.9 Å². The van der Waals surface area contributed by atoms with Crippen LogP contribution in [0, 0.1) is 13.8 Å². The summed E-state index contributed by atoms with van der Waals surface area (Å²) in [5.41, 5.74) is 4.60. The average molecular weight is 415 g/mol. The Labute approximate surface area is 182 Å². The van der Waals surface area contributed by atoms with Crippen molar-refractivity contribution in [3.05, 3.63) is 94.5 Å². The van der Waals surface area contributed by atoms with Gasteiger partial charge < -0.3 is 15.4 Å². The Balaban J connectivity index is 1.43. The maximum Gasteiger partial charge on any atom is 0.255 e. The molecule has 5 nitrogen and oxygen atoms in total. The zero-order valence-corrected chi connectivity index (χ0v) is 17.8. The number of amides is 2. The maximum absolute atomic E-state index is 12.8. The Morgan fingerprint density at radius 2 is 1.58 bits per heavy atom. The van der Waals surface area contributed by atoms with E-state index in [2.05, 4.69) is 10.6 Å². The zero-order chi connectivity index (χ0) is 21.8. The van der Waals surface area contributed by atoms with E-state index in [1.807, 2.05) is 62.4 Å². The van der Waals surface area contributed by atoms with Crippen molar-refractivity contribution in [2.24, 2.45) is 0 Å². The quantitative estimate of drug-likeness (QED) is 0.570. The van der Waals surface area contributed by atoms with Crippen molar-refractivity contribution in [3.8, 4) is 5.75 Å². The number of hydrogen-bond acceptors (Lipinski definition) is 3. The third-order valence-corrected chi connectivity index (χ3v) is 5.33. The van der Waals surface area contributed by atoms with E-state index in [9.17, 15) is 9.59 Å². The normalized spacial score (nSPS) is 12.8. The smallest absolute Gasteiger partial charge is 0.255 e. The van der Waals surface area contributed by atoms with Gasteiger partial charge in [-0.25, -0.2) is 0 Å². The molecule has 4 rings (SSSR count). The highest BCUT2D eigenvalue weighted by atomic mass is 16.5. The Morgan fingerprint density at radius 3 is 2.29 bits per heavy atom. The molecule has 1 aliphatic carbocycles. The summed E-state index contributed by atoms with van der Waals surface area (Å²) < 4.78 is 5.90. The number of rotatable bonds is 7. The molecule has 0 saturated heterocycles. The summed E-state index contributed by atoms with van der Waals surface area (Å²) in [5, 5.41) is 5.91. The van der Waals surface area contributed by atoms with Gasteiger partial charge in [-0.2, -0.15) is 0 Å². The molecule has 0 aliphatic heterocycles. The number of carbonyl (C=O) groups excluding carboxylic acids is 2. The van der Waals surface area contributed by atoms with E-state index in [1.54, 1.807) is 18.2 Å². The van der Waals surface area contributed by atoms with Crippen LogP contribution in [0.2, 0.25) is 0 Å². The Hall–Kier alpha value is -3.60. The molecule has 0 unspecified atom stereocenters. The van der Waals surface area contributed by atoms with Gasteiger partial charge in [-0.05, 0) is 73.7 Å². The fourth-order valence-corrected chi connectivity index (χ4v) is 3.28. The van der Waals surface area contributed by atoms with Gasteiger partial charge in [-0.1, -0.05) is 36.4 Å². The van der Waals surface area contributed by atoms with Gasteiger partial charge in [0.2, 0.25) is 0 Å². The Kier molecular flexibility index (Phi) is 6.03. The van der Waals surface area contributed by atoms with Crippen LogP contribution < -0.4 is 15.4 Å². The molecule has 0 aromatic heterocycles. The van der Waals surface area contributed by atoms with E-state index >= 15 is 0 Å². The van der Waals surface area contributed by atoms with Crippen LogP contribution in [-0.4, -0.2) is 17.9 Å². The zero-order valence-electron chi connectivity index (χ0n) is 17.8. The topological polar surface area (TPSA) is 67.4 Å². The van der Waals surface area contributed by atoms with Gasteiger partial charge in [-0.15, -0.1) is 0 Å². The minimum Gasteiger partial charge on any atom is -0.489 e. The first-order chi connectivity index (χ1) is 15.0. The highest BCUT2D eigenvalue weighted by Gasteiger charge is 2.24. The van der Waals surface area contributed by atoms with E-state index in [4.69, 9.17) is 4.74 Å². The number of aryl methyl sites for hydroxylation is 2. The van der Waals surface area contributed by atoms with Crippen molar-refractivity contribution in [2.75, 3.05) is 5.32 Å². The SMILES string of the molecule is Cc1ccc(C(=O)NC2CC2)cc1NC(=O)c1ccc(OCc2ccccc2)c(C)c1. The second-order valence-corrected chi connectivity index (χ2v) is 7.99. The third kappa shape index (κ3) is 5.31. The van der Waals surface area contributed by atoms with E-state index in [-0.39, 0.29) is 17.9 Å². The van der Waals surface area contributed by atoms with Crippen LogP contribution in [-0.2, 0) is 6.61 Å². The van der Waals surface area contributed by atoms with E-state index in [0.717, 1.165) is 35.3 Å². The van der Waals surface area contributed by atoms with Gasteiger partial charge in [0.1, 0.15) is 12.4 Å². The summed E-state index contributed by atoms with van der Waals surface area (Å²) in [7, 11) is 0. The molecule has 1 aliphatic rings. The van der Waals surface area contributed by atoms with Crippen molar-refractivity contribution in [1.82, 2.24) is 5.32 Å². The molecule has 0 spiro atoms. The number of carbonyl (C=O) groups is 2. The molecule has 0 bridgehead atoms. The standard InChI is InChI=1S/C26H26N2O3/c1-17-8-9-21(25(29)27-22-11-12-22)15-23(17)28-26(30)20-10-13-24(18(2)14-20)31-16-19-6-4-3-5-7-19/h3-10,13-15,22H,11-12,16H2,1-2H3,(H,27,29)(H,28,30). The molecule has 3 aromatic carbocycles. The molecular formula is C26H26N2O3. The molecule has 0 atom stereocenters. The lowest BCUT2D eigenvalue weighted by atomic mass is 10.1. The monoisotopic (exact) mass is 414 g/mol. The second-order valence-electron chi connectivity index (χ2n) is 7.99. The van der Waals surface area contributed by atoms with Crippen molar-refractivity contribution < 1.29 is 14.3 Å². The van der Waals surface area contributed by atoms with Crippen LogP contribution >= 0.6 is 0 Å². The van der Waals surface area contributed by atoms with Crippen LogP contribution in [0.15, 0.2) is 66.7 Å². The predicted octanol–water partition coefficient (Wildman–Crippen LogP) is 5.03. The van der Waals surface area contributed by atoms with Crippen molar-refractivity contribution in [1.29, 1.82) is 0 Å². The lowest BCUT2D eigenvalue weighted by Crippen LogP contribution is -2.25. The Bertz CT molecular complexity index is 1100. The molecule has 158 valence electrons. The fourth-order valence-electron chi connectivity index (χ4n) is 3.28. The van der Waals surface area contributed by atoms with Crippen molar-refractivity contribution in [3.63, 3.8) is 0 Å². The van der Waals surface area contributed by atoms with E-state index in [0.29, 0.717) is 23.4 Å². The van der Waals surface area contributed by atoms with Gasteiger partial charge in [0.15, 0.2) is 0 Å². The molecule has 0 radical (unpaired) electrons. The van der Waals surface area contributed by atoms with Crippen LogP contribution in [0.5, 0.6) is 5.75 Å². The minimum absolute atomic E-state index is 0.103. The lowest BCUT2D eigenvalue weighted by Gasteiger charge is -2.13. The van der Waals surface area contributed by atoms with Gasteiger partial charge >= 0.3 is 0 Å². The minimum atomic E-state index is -0.222. The summed E-state index contributed by atoms with van der Waals surface area (Å²) in [6, 6.07) is 21.0. The van der Waals surface area contributed by atoms with Crippen LogP contribution in [0.3, 0.4) is 0 Å². The fraction of sp³-hybridized carbons (Fsp3) is 0.231. The number of ether oxygens (including phenoxy) is 1. The van der Waals surface area contributed by atoms with E-state index in [1.165, 1.54) is 0 Å². The molecule has 31 heavy (non-hydrogen) atoms. The summed E-state index contributed by atoms with van der Waals surface area (Å²) in [6.07, 6.45) is 2.07. The van der Waals surface area contributed by atoms with Crippen LogP contribution in [0.4, 0.5) is 5.69 Å². The molecule has 2 N–H and O–H groups in total. The summed E-state index contributed by atoms with van der Waals surface area (Å²) >= 11 is 0. The number of benzene rings is 3. The molecule has 1 fully saturated rings. The van der Waals surface area contributed by atoms with Crippen molar-refractivity contribution >= 4 is 17.5 Å². The molecule has 0 heterocycles. The largest absolute Gasteiger partial charge is 0.489 e. The van der Waals surface area contributed by atoms with Crippen LogP contribution in [0.1, 0.15) is 50.2 Å². The maximum atomic E-state index is 12.8. The molecular weight excluding hydrogens is 388 g/mol. The number of nitrogens with one attached hydrogen (secondary N) is 2. The highest BCUT2D eigenvalue weighted by molar-refractivity contribution is 6.05. The second kappa shape index (κ2) is 9.04. The first kappa shape index (κ1) is 20.7. The molecule has 1 saturated carbocycles. The van der Waals surface area contributed by atoms with Gasteiger partial charge in [0.25, 0.3) is 11.8 Å². The van der Waals surface area contributed by atoms with Gasteiger partial charge in [0.05, 0.1) is 0 Å². The first-order valence-electron chi connectivity index (χ1n) is 10.5. The molecule has 5 heteroatoms. The average Bonchev–Trinajstić information content (AvgIpc) is 3.59. The summed E-state index contributed by atoms with van der Waals surface area (Å²) in [6.45, 7) is 4.30. The first-order valence-corrected chi connectivity index (χ1v) is 10.5. The molecule has 3 aromatic rings. The molecule has 2 amide bonds. The summed E-state index contributed by atoms with van der Waals surface area (Å²) in [4.78, 5) is 25.1. The van der Waals surface area contributed by atoms with E-state index < -0.39 is 0 Å². The third-order valence-electron chi connectivity index (χ3n) is 5.33. The number of anilines is 1. The Morgan fingerprint density at radius 1 is 0.871 bits per heavy atom. The van der Waals surface area contributed by atoms with Gasteiger partial charge in [-0.3, -0.25) is 9.59 Å². The number of hydrogen-bond donors (Lipinski definition) is 2. The lowest BCUT2D eigenvalue weighted by molar-refractivity contribution is 0.0949. The summed E-state index contributed by atoms with van der Waals surface area (Å²) in [5.74, 6) is 0.421.